The number of allylic oxidation sites excluding steroid dienone is 4. The van der Waals surface area contributed by atoms with Gasteiger partial charge in [0.05, 0.1) is 0 Å². The van der Waals surface area contributed by atoms with Crippen LogP contribution in [-0.4, -0.2) is 37.2 Å². The number of esters is 3. The average Bonchev–Trinajstić information content (AvgIpc) is 3.33. The van der Waals surface area contributed by atoms with Crippen molar-refractivity contribution in [1.82, 2.24) is 0 Å². The Bertz CT molecular complexity index is 1080. The molecule has 0 aliphatic rings. The fourth-order valence-corrected chi connectivity index (χ4v) is 8.91. The molecule has 0 N–H and O–H groups in total. The molecule has 0 heterocycles. The molecule has 0 aliphatic heterocycles. The van der Waals surface area contributed by atoms with Crippen LogP contribution in [0.2, 0.25) is 0 Å². The van der Waals surface area contributed by atoms with Gasteiger partial charge < -0.3 is 14.2 Å². The van der Waals surface area contributed by atoms with E-state index < -0.39 is 6.10 Å². The number of carbonyl (C=O) groups excluding carboxylic acids is 3. The lowest BCUT2D eigenvalue weighted by Gasteiger charge is -2.18. The molecule has 6 heteroatoms. The molecule has 0 rings (SSSR count). The van der Waals surface area contributed by atoms with Crippen molar-refractivity contribution in [1.29, 1.82) is 0 Å². The Labute approximate surface area is 417 Å². The van der Waals surface area contributed by atoms with E-state index >= 15 is 0 Å². The fourth-order valence-electron chi connectivity index (χ4n) is 8.91. The largest absolute Gasteiger partial charge is 0.462 e. The molecule has 67 heavy (non-hydrogen) atoms. The van der Waals surface area contributed by atoms with Gasteiger partial charge in [0.2, 0.25) is 0 Å². The Kier molecular flexibility index (Phi) is 54.7. The van der Waals surface area contributed by atoms with Crippen molar-refractivity contribution in [2.24, 2.45) is 0 Å². The summed E-state index contributed by atoms with van der Waals surface area (Å²) in [6.07, 6.45) is 66.1. The van der Waals surface area contributed by atoms with Gasteiger partial charge in [-0.15, -0.1) is 0 Å². The summed E-state index contributed by atoms with van der Waals surface area (Å²) in [7, 11) is 0. The van der Waals surface area contributed by atoms with Crippen LogP contribution in [0.15, 0.2) is 24.3 Å². The summed E-state index contributed by atoms with van der Waals surface area (Å²) in [6, 6.07) is 0. The Hall–Kier alpha value is -2.11. The van der Waals surface area contributed by atoms with E-state index in [2.05, 4.69) is 45.1 Å². The predicted molar refractivity (Wildman–Crippen MR) is 289 cm³/mol. The third kappa shape index (κ3) is 54.7. The lowest BCUT2D eigenvalue weighted by molar-refractivity contribution is -0.167. The molecular formula is C61H114O6. The molecule has 0 aromatic heterocycles. The second-order valence-corrected chi connectivity index (χ2v) is 20.3. The van der Waals surface area contributed by atoms with Crippen LogP contribution >= 0.6 is 0 Å². The van der Waals surface area contributed by atoms with E-state index in [0.717, 1.165) is 70.6 Å². The maximum atomic E-state index is 12.8. The highest BCUT2D eigenvalue weighted by Crippen LogP contribution is 2.17. The van der Waals surface area contributed by atoms with Crippen molar-refractivity contribution in [3.8, 4) is 0 Å². The SMILES string of the molecule is CCC/C=C\CCCCCCCC(=O)OCC(COC(=O)CCCCCCCCCCCCCCCCCCCCCCCC)OC(=O)CCCCCCCCC/C=C\CCCCCCCC. The maximum absolute atomic E-state index is 12.8. The van der Waals surface area contributed by atoms with Gasteiger partial charge in [-0.05, 0) is 64.2 Å². The molecule has 0 saturated heterocycles. The summed E-state index contributed by atoms with van der Waals surface area (Å²) >= 11 is 0. The minimum absolute atomic E-state index is 0.0713. The van der Waals surface area contributed by atoms with Crippen molar-refractivity contribution in [3.63, 3.8) is 0 Å². The number of rotatable bonds is 55. The van der Waals surface area contributed by atoms with E-state index in [0.29, 0.717) is 19.3 Å². The minimum Gasteiger partial charge on any atom is -0.462 e. The number of hydrogen-bond acceptors (Lipinski definition) is 6. The van der Waals surface area contributed by atoms with Gasteiger partial charge in [-0.2, -0.15) is 0 Å². The smallest absolute Gasteiger partial charge is 0.306 e. The first-order valence-electron chi connectivity index (χ1n) is 29.8. The lowest BCUT2D eigenvalue weighted by atomic mass is 10.0. The number of hydrogen-bond donors (Lipinski definition) is 0. The monoisotopic (exact) mass is 943 g/mol. The van der Waals surface area contributed by atoms with Gasteiger partial charge in [-0.1, -0.05) is 270 Å². The van der Waals surface area contributed by atoms with Crippen LogP contribution in [0.5, 0.6) is 0 Å². The van der Waals surface area contributed by atoms with Crippen molar-refractivity contribution >= 4 is 17.9 Å². The van der Waals surface area contributed by atoms with Gasteiger partial charge >= 0.3 is 17.9 Å². The van der Waals surface area contributed by atoms with E-state index in [4.69, 9.17) is 14.2 Å². The minimum atomic E-state index is -0.773. The normalized spacial score (nSPS) is 12.1. The number of ether oxygens (including phenoxy) is 3. The quantitative estimate of drug-likeness (QED) is 0.0262. The van der Waals surface area contributed by atoms with Crippen molar-refractivity contribution < 1.29 is 28.6 Å². The third-order valence-electron chi connectivity index (χ3n) is 13.4. The van der Waals surface area contributed by atoms with E-state index in [1.54, 1.807) is 0 Å². The van der Waals surface area contributed by atoms with Crippen LogP contribution in [-0.2, 0) is 28.6 Å². The second-order valence-electron chi connectivity index (χ2n) is 20.3. The van der Waals surface area contributed by atoms with Crippen molar-refractivity contribution in [3.05, 3.63) is 24.3 Å². The zero-order chi connectivity index (χ0) is 48.6. The van der Waals surface area contributed by atoms with E-state index in [-0.39, 0.29) is 31.1 Å². The molecule has 1 unspecified atom stereocenters. The van der Waals surface area contributed by atoms with Crippen LogP contribution in [0, 0.1) is 0 Å². The summed E-state index contributed by atoms with van der Waals surface area (Å²) < 4.78 is 16.9. The zero-order valence-electron chi connectivity index (χ0n) is 45.2. The molecule has 0 aliphatic carbocycles. The Morgan fingerprint density at radius 3 is 0.806 bits per heavy atom. The van der Waals surface area contributed by atoms with Gasteiger partial charge in [0.1, 0.15) is 13.2 Å². The van der Waals surface area contributed by atoms with Gasteiger partial charge in [-0.25, -0.2) is 0 Å². The van der Waals surface area contributed by atoms with Crippen LogP contribution in [0.3, 0.4) is 0 Å². The summed E-state index contributed by atoms with van der Waals surface area (Å²) in [6.45, 7) is 6.61. The highest BCUT2D eigenvalue weighted by molar-refractivity contribution is 5.71. The first kappa shape index (κ1) is 64.9. The van der Waals surface area contributed by atoms with E-state index in [1.165, 1.54) is 218 Å². The molecule has 0 amide bonds. The molecule has 0 aromatic carbocycles. The van der Waals surface area contributed by atoms with E-state index in [9.17, 15) is 14.4 Å². The molecule has 1 atom stereocenters. The molecule has 0 fully saturated rings. The maximum Gasteiger partial charge on any atom is 0.306 e. The summed E-state index contributed by atoms with van der Waals surface area (Å²) in [5.41, 5.74) is 0. The topological polar surface area (TPSA) is 78.9 Å². The highest BCUT2D eigenvalue weighted by atomic mass is 16.6. The summed E-state index contributed by atoms with van der Waals surface area (Å²) in [5.74, 6) is -0.867. The van der Waals surface area contributed by atoms with Crippen LogP contribution in [0.25, 0.3) is 0 Å². The van der Waals surface area contributed by atoms with Crippen LogP contribution in [0.4, 0.5) is 0 Å². The van der Waals surface area contributed by atoms with Gasteiger partial charge in [-0.3, -0.25) is 14.4 Å². The molecular weight excluding hydrogens is 829 g/mol. The number of carbonyl (C=O) groups is 3. The molecule has 0 bridgehead atoms. The first-order valence-corrected chi connectivity index (χ1v) is 29.8. The average molecular weight is 944 g/mol. The van der Waals surface area contributed by atoms with Gasteiger partial charge in [0, 0.05) is 19.3 Å². The zero-order valence-corrected chi connectivity index (χ0v) is 45.2. The summed E-state index contributed by atoms with van der Waals surface area (Å²) in [4.78, 5) is 38.1. The third-order valence-corrected chi connectivity index (χ3v) is 13.4. The molecule has 394 valence electrons. The second kappa shape index (κ2) is 56.5. The van der Waals surface area contributed by atoms with Gasteiger partial charge in [0.25, 0.3) is 0 Å². The van der Waals surface area contributed by atoms with E-state index in [1.807, 2.05) is 0 Å². The van der Waals surface area contributed by atoms with Crippen LogP contribution < -0.4 is 0 Å². The molecule has 0 aromatic rings. The Morgan fingerprint density at radius 2 is 0.522 bits per heavy atom. The molecule has 0 saturated carbocycles. The fraction of sp³-hybridized carbons (Fsp3) is 0.885. The Balaban J connectivity index is 4.22. The van der Waals surface area contributed by atoms with Crippen LogP contribution in [0.1, 0.15) is 329 Å². The highest BCUT2D eigenvalue weighted by Gasteiger charge is 2.19. The molecule has 0 spiro atoms. The number of unbranched alkanes of at least 4 members (excludes halogenated alkanes) is 40. The molecule has 0 radical (unpaired) electrons. The van der Waals surface area contributed by atoms with Crippen molar-refractivity contribution in [2.45, 2.75) is 335 Å². The molecule has 6 nitrogen and oxygen atoms in total. The predicted octanol–water partition coefficient (Wildman–Crippen LogP) is 19.9. The standard InChI is InChI=1S/C61H114O6/c1-4-7-10-13-16-19-22-24-26-28-29-30-31-32-34-35-37-39-42-45-48-51-54-60(63)66-57-58(56-65-59(62)53-50-47-44-41-21-18-15-12-9-6-3)67-61(64)55-52-49-46-43-40-38-36-33-27-25-23-20-17-14-11-8-5-2/h12,15,25,27,58H,4-11,13-14,16-24,26,28-57H2,1-3H3/b15-12-,27-25-. The lowest BCUT2D eigenvalue weighted by Crippen LogP contribution is -2.30. The Morgan fingerprint density at radius 1 is 0.284 bits per heavy atom. The van der Waals surface area contributed by atoms with Crippen molar-refractivity contribution in [2.75, 3.05) is 13.2 Å². The van der Waals surface area contributed by atoms with Gasteiger partial charge in [0.15, 0.2) is 6.10 Å². The first-order chi connectivity index (χ1) is 33.0. The summed E-state index contributed by atoms with van der Waals surface area (Å²) in [5, 5.41) is 0.